The molecular weight excluding hydrogens is 233 g/mol. The van der Waals surface area contributed by atoms with E-state index in [0.29, 0.717) is 11.7 Å². The number of hydrogen-bond donors (Lipinski definition) is 1. The van der Waals surface area contributed by atoms with Crippen LogP contribution >= 0.6 is 0 Å². The number of rotatable bonds is 4. The van der Waals surface area contributed by atoms with Crippen molar-refractivity contribution in [2.75, 3.05) is 18.9 Å². The number of likely N-dealkylation sites (N-methyl/N-ethyl adjacent to an activating group) is 1. The predicted octanol–water partition coefficient (Wildman–Crippen LogP) is 1.73. The van der Waals surface area contributed by atoms with Crippen LogP contribution in [0.5, 0.6) is 0 Å². The Balaban J connectivity index is 1.97. The Labute approximate surface area is 105 Å². The van der Waals surface area contributed by atoms with Crippen molar-refractivity contribution in [3.63, 3.8) is 0 Å². The van der Waals surface area contributed by atoms with Gasteiger partial charge in [0.05, 0.1) is 17.8 Å². The van der Waals surface area contributed by atoms with Gasteiger partial charge in [0.2, 0.25) is 5.91 Å². The van der Waals surface area contributed by atoms with E-state index in [0.717, 1.165) is 18.9 Å². The molecule has 0 atom stereocenters. The molecule has 1 amide bonds. The molecule has 0 radical (unpaired) electrons. The topological polar surface area (TPSA) is 56.1 Å². The summed E-state index contributed by atoms with van der Waals surface area (Å²) in [6.45, 7) is 0.118. The second-order valence-corrected chi connectivity index (χ2v) is 4.39. The highest BCUT2D eigenvalue weighted by molar-refractivity contribution is 5.81. The van der Waals surface area contributed by atoms with Crippen LogP contribution in [-0.2, 0) is 4.79 Å². The van der Waals surface area contributed by atoms with Gasteiger partial charge in [-0.3, -0.25) is 4.79 Å². The fourth-order valence-electron chi connectivity index (χ4n) is 1.72. The smallest absolute Gasteiger partial charge is 0.241 e. The lowest BCUT2D eigenvalue weighted by atomic mass is 10.2. The molecule has 1 N–H and O–H groups in total. The van der Waals surface area contributed by atoms with Gasteiger partial charge in [-0.25, -0.2) is 4.39 Å². The number of hydrogen-bond acceptors (Lipinski definition) is 3. The Morgan fingerprint density at radius 1 is 1.61 bits per heavy atom. The van der Waals surface area contributed by atoms with Crippen molar-refractivity contribution in [1.82, 2.24) is 4.90 Å². The minimum Gasteiger partial charge on any atom is -0.375 e. The first-order chi connectivity index (χ1) is 8.61. The molecule has 0 aromatic heterocycles. The normalized spacial score (nSPS) is 13.8. The summed E-state index contributed by atoms with van der Waals surface area (Å²) in [6, 6.07) is 6.14. The molecule has 0 bridgehead atoms. The lowest BCUT2D eigenvalue weighted by Gasteiger charge is -2.17. The van der Waals surface area contributed by atoms with Gasteiger partial charge in [-0.15, -0.1) is 0 Å². The Hall–Kier alpha value is -2.09. The summed E-state index contributed by atoms with van der Waals surface area (Å²) in [5.74, 6) is -0.482. The lowest BCUT2D eigenvalue weighted by molar-refractivity contribution is -0.128. The number of halogens is 1. The van der Waals surface area contributed by atoms with Crippen molar-refractivity contribution in [1.29, 1.82) is 5.26 Å². The average molecular weight is 247 g/mol. The van der Waals surface area contributed by atoms with Crippen LogP contribution in [0.25, 0.3) is 0 Å². The van der Waals surface area contributed by atoms with Crippen LogP contribution in [0.1, 0.15) is 18.4 Å². The zero-order valence-electron chi connectivity index (χ0n) is 10.1. The molecule has 0 heterocycles. The Bertz CT molecular complexity index is 505. The summed E-state index contributed by atoms with van der Waals surface area (Å²) in [6.07, 6.45) is 2.12. The Morgan fingerprint density at radius 2 is 2.33 bits per heavy atom. The molecule has 5 heteroatoms. The van der Waals surface area contributed by atoms with E-state index in [-0.39, 0.29) is 18.0 Å². The molecule has 0 spiro atoms. The third-order valence-corrected chi connectivity index (χ3v) is 3.02. The fourth-order valence-corrected chi connectivity index (χ4v) is 1.72. The number of nitrogens with zero attached hydrogens (tertiary/aromatic N) is 2. The maximum Gasteiger partial charge on any atom is 0.241 e. The SMILES string of the molecule is CN(C(=O)CNc1ccc(F)cc1C#N)C1CC1. The molecule has 1 saturated carbocycles. The molecule has 1 aromatic carbocycles. The number of carbonyl (C=O) groups is 1. The van der Waals surface area contributed by atoms with E-state index in [2.05, 4.69) is 5.32 Å². The number of anilines is 1. The van der Waals surface area contributed by atoms with Crippen LogP contribution in [0.4, 0.5) is 10.1 Å². The highest BCUT2D eigenvalue weighted by atomic mass is 19.1. The highest BCUT2D eigenvalue weighted by Gasteiger charge is 2.29. The number of nitrogens with one attached hydrogen (secondary N) is 1. The van der Waals surface area contributed by atoms with Crippen LogP contribution in [0.2, 0.25) is 0 Å². The molecular formula is C13H14FN3O. The molecule has 1 aliphatic rings. The molecule has 18 heavy (non-hydrogen) atoms. The van der Waals surface area contributed by atoms with Crippen LogP contribution < -0.4 is 5.32 Å². The lowest BCUT2D eigenvalue weighted by Crippen LogP contribution is -2.33. The third kappa shape index (κ3) is 2.77. The monoisotopic (exact) mass is 247 g/mol. The minimum absolute atomic E-state index is 0.0225. The van der Waals surface area contributed by atoms with Crippen LogP contribution in [-0.4, -0.2) is 30.4 Å². The van der Waals surface area contributed by atoms with Gasteiger partial charge in [0.15, 0.2) is 0 Å². The van der Waals surface area contributed by atoms with Gasteiger partial charge in [-0.05, 0) is 31.0 Å². The van der Waals surface area contributed by atoms with Gasteiger partial charge < -0.3 is 10.2 Å². The molecule has 4 nitrogen and oxygen atoms in total. The number of benzene rings is 1. The minimum atomic E-state index is -0.460. The molecule has 0 saturated heterocycles. The van der Waals surface area contributed by atoms with Crippen molar-refractivity contribution in [3.05, 3.63) is 29.6 Å². The molecule has 1 aliphatic carbocycles. The third-order valence-electron chi connectivity index (χ3n) is 3.02. The van der Waals surface area contributed by atoms with Crippen molar-refractivity contribution in [3.8, 4) is 6.07 Å². The second kappa shape index (κ2) is 5.05. The van der Waals surface area contributed by atoms with E-state index in [1.807, 2.05) is 6.07 Å². The summed E-state index contributed by atoms with van der Waals surface area (Å²) in [5.41, 5.74) is 0.688. The molecule has 1 aromatic rings. The van der Waals surface area contributed by atoms with Gasteiger partial charge in [-0.2, -0.15) is 5.26 Å². The maximum atomic E-state index is 12.9. The first kappa shape index (κ1) is 12.4. The van der Waals surface area contributed by atoms with E-state index in [9.17, 15) is 9.18 Å². The quantitative estimate of drug-likeness (QED) is 0.881. The van der Waals surface area contributed by atoms with Crippen LogP contribution in [0.15, 0.2) is 18.2 Å². The van der Waals surface area contributed by atoms with Crippen LogP contribution in [0, 0.1) is 17.1 Å². The van der Waals surface area contributed by atoms with Crippen molar-refractivity contribution >= 4 is 11.6 Å². The highest BCUT2D eigenvalue weighted by Crippen LogP contribution is 2.25. The van der Waals surface area contributed by atoms with Crippen molar-refractivity contribution in [2.45, 2.75) is 18.9 Å². The average Bonchev–Trinajstić information content (AvgIpc) is 3.20. The molecule has 1 fully saturated rings. The molecule has 0 unspecified atom stereocenters. The zero-order valence-corrected chi connectivity index (χ0v) is 10.1. The van der Waals surface area contributed by atoms with Gasteiger partial charge >= 0.3 is 0 Å². The maximum absolute atomic E-state index is 12.9. The number of carbonyl (C=O) groups excluding carboxylic acids is 1. The largest absolute Gasteiger partial charge is 0.375 e. The first-order valence-corrected chi connectivity index (χ1v) is 5.81. The van der Waals surface area contributed by atoms with E-state index >= 15 is 0 Å². The van der Waals surface area contributed by atoms with Crippen LogP contribution in [0.3, 0.4) is 0 Å². The Kier molecular flexibility index (Phi) is 3.47. The van der Waals surface area contributed by atoms with Gasteiger partial charge in [0, 0.05) is 13.1 Å². The predicted molar refractivity (Wildman–Crippen MR) is 65.4 cm³/mol. The summed E-state index contributed by atoms with van der Waals surface area (Å²) in [5, 5.41) is 11.7. The van der Waals surface area contributed by atoms with E-state index in [1.54, 1.807) is 11.9 Å². The van der Waals surface area contributed by atoms with E-state index < -0.39 is 5.82 Å². The molecule has 2 rings (SSSR count). The van der Waals surface area contributed by atoms with Gasteiger partial charge in [-0.1, -0.05) is 0 Å². The Morgan fingerprint density at radius 3 is 2.94 bits per heavy atom. The molecule has 94 valence electrons. The fraction of sp³-hybridized carbons (Fsp3) is 0.385. The summed E-state index contributed by atoms with van der Waals surface area (Å²) in [7, 11) is 1.78. The van der Waals surface area contributed by atoms with Crippen molar-refractivity contribution < 1.29 is 9.18 Å². The summed E-state index contributed by atoms with van der Waals surface area (Å²) >= 11 is 0. The van der Waals surface area contributed by atoms with Gasteiger partial charge in [0.1, 0.15) is 11.9 Å². The number of amides is 1. The zero-order chi connectivity index (χ0) is 13.1. The first-order valence-electron chi connectivity index (χ1n) is 5.81. The summed E-state index contributed by atoms with van der Waals surface area (Å²) < 4.78 is 12.9. The number of nitriles is 1. The standard InChI is InChI=1S/C13H14FN3O/c1-17(11-3-4-11)13(18)8-16-12-5-2-10(14)6-9(12)7-15/h2,5-6,11,16H,3-4,8H2,1H3. The van der Waals surface area contributed by atoms with Gasteiger partial charge in [0.25, 0.3) is 0 Å². The molecule has 0 aliphatic heterocycles. The van der Waals surface area contributed by atoms with E-state index in [4.69, 9.17) is 5.26 Å². The second-order valence-electron chi connectivity index (χ2n) is 4.39. The van der Waals surface area contributed by atoms with E-state index in [1.165, 1.54) is 12.1 Å². The van der Waals surface area contributed by atoms with Crippen molar-refractivity contribution in [2.24, 2.45) is 0 Å². The summed E-state index contributed by atoms with van der Waals surface area (Å²) in [4.78, 5) is 13.5.